The van der Waals surface area contributed by atoms with Gasteiger partial charge in [-0.1, -0.05) is 52.3 Å². The maximum Gasteiger partial charge on any atom is 0.408 e. The second kappa shape index (κ2) is 7.73. The fraction of sp³-hybridized carbons (Fsp3) is 0.125. The van der Waals surface area contributed by atoms with Crippen molar-refractivity contribution >= 4 is 28.0 Å². The monoisotopic (exact) mass is 381 g/mol. The molecule has 0 aliphatic rings. The van der Waals surface area contributed by atoms with Gasteiger partial charge in [-0.05, 0) is 17.7 Å². The van der Waals surface area contributed by atoms with Gasteiger partial charge in [0.1, 0.15) is 12.4 Å². The first-order valence-electron chi connectivity index (χ1n) is 6.62. The molecule has 2 aromatic carbocycles. The summed E-state index contributed by atoms with van der Waals surface area (Å²) in [5, 5.41) is 11.4. The summed E-state index contributed by atoms with van der Waals surface area (Å²) in [6, 6.07) is 11.3. The zero-order valence-electron chi connectivity index (χ0n) is 11.8. The van der Waals surface area contributed by atoms with E-state index in [0.717, 1.165) is 11.6 Å². The summed E-state index contributed by atoms with van der Waals surface area (Å²) in [7, 11) is 0. The summed E-state index contributed by atoms with van der Waals surface area (Å²) in [6.45, 7) is -0.0121. The predicted octanol–water partition coefficient (Wildman–Crippen LogP) is 3.64. The van der Waals surface area contributed by atoms with E-state index in [4.69, 9.17) is 4.74 Å². The SMILES string of the molecule is O=C(N[C@@H](C(=O)O)c1ccc(Br)cc1F)OCc1ccccc1. The van der Waals surface area contributed by atoms with E-state index >= 15 is 0 Å². The van der Waals surface area contributed by atoms with Crippen molar-refractivity contribution in [3.63, 3.8) is 0 Å². The van der Waals surface area contributed by atoms with Crippen molar-refractivity contribution in [3.8, 4) is 0 Å². The molecule has 0 aromatic heterocycles. The van der Waals surface area contributed by atoms with Crippen LogP contribution in [0.5, 0.6) is 0 Å². The van der Waals surface area contributed by atoms with E-state index in [2.05, 4.69) is 21.2 Å². The highest BCUT2D eigenvalue weighted by atomic mass is 79.9. The molecule has 0 radical (unpaired) electrons. The minimum atomic E-state index is -1.54. The summed E-state index contributed by atoms with van der Waals surface area (Å²) in [5.74, 6) is -2.13. The molecule has 0 saturated heterocycles. The predicted molar refractivity (Wildman–Crippen MR) is 84.2 cm³/mol. The van der Waals surface area contributed by atoms with Crippen LogP contribution in [0.4, 0.5) is 9.18 Å². The Morgan fingerprint density at radius 1 is 1.22 bits per heavy atom. The van der Waals surface area contributed by atoms with Crippen molar-refractivity contribution in [2.24, 2.45) is 0 Å². The molecular formula is C16H13BrFNO4. The fourth-order valence-electron chi connectivity index (χ4n) is 1.89. The van der Waals surface area contributed by atoms with Gasteiger partial charge in [-0.15, -0.1) is 0 Å². The molecule has 5 nitrogen and oxygen atoms in total. The topological polar surface area (TPSA) is 75.6 Å². The number of amides is 1. The molecule has 0 aliphatic carbocycles. The number of hydrogen-bond donors (Lipinski definition) is 2. The lowest BCUT2D eigenvalue weighted by Gasteiger charge is -2.16. The zero-order chi connectivity index (χ0) is 16.8. The third kappa shape index (κ3) is 4.79. The minimum Gasteiger partial charge on any atom is -0.479 e. The summed E-state index contributed by atoms with van der Waals surface area (Å²) in [4.78, 5) is 23.1. The van der Waals surface area contributed by atoms with Crippen LogP contribution in [0.15, 0.2) is 53.0 Å². The van der Waals surface area contributed by atoms with Gasteiger partial charge in [-0.3, -0.25) is 0 Å². The van der Waals surface area contributed by atoms with E-state index in [1.165, 1.54) is 12.1 Å². The number of halogens is 2. The number of carboxylic acids is 1. The molecule has 0 fully saturated rings. The molecule has 7 heteroatoms. The number of carboxylic acid groups (broad SMARTS) is 1. The highest BCUT2D eigenvalue weighted by Crippen LogP contribution is 2.21. The van der Waals surface area contributed by atoms with Crippen LogP contribution in [0.3, 0.4) is 0 Å². The van der Waals surface area contributed by atoms with Crippen molar-refractivity contribution in [1.82, 2.24) is 5.32 Å². The van der Waals surface area contributed by atoms with Crippen molar-refractivity contribution in [3.05, 3.63) is 69.9 Å². The summed E-state index contributed by atoms with van der Waals surface area (Å²) in [5.41, 5.74) is 0.599. The number of hydrogen-bond acceptors (Lipinski definition) is 3. The first-order chi connectivity index (χ1) is 11.0. The summed E-state index contributed by atoms with van der Waals surface area (Å²) < 4.78 is 19.3. The minimum absolute atomic E-state index is 0.0121. The summed E-state index contributed by atoms with van der Waals surface area (Å²) >= 11 is 3.08. The van der Waals surface area contributed by atoms with Crippen LogP contribution in [0.2, 0.25) is 0 Å². The van der Waals surface area contributed by atoms with Gasteiger partial charge in [-0.2, -0.15) is 0 Å². The largest absolute Gasteiger partial charge is 0.479 e. The number of carbonyl (C=O) groups is 2. The number of aliphatic carboxylic acids is 1. The van der Waals surface area contributed by atoms with E-state index in [-0.39, 0.29) is 12.2 Å². The molecule has 0 spiro atoms. The Morgan fingerprint density at radius 3 is 2.52 bits per heavy atom. The Bertz CT molecular complexity index is 708. The number of nitrogens with one attached hydrogen (secondary N) is 1. The molecule has 23 heavy (non-hydrogen) atoms. The van der Waals surface area contributed by atoms with E-state index in [0.29, 0.717) is 4.47 Å². The maximum absolute atomic E-state index is 13.9. The molecule has 0 bridgehead atoms. The molecule has 0 heterocycles. The average Bonchev–Trinajstić information content (AvgIpc) is 2.52. The Kier molecular flexibility index (Phi) is 5.70. The second-order valence-electron chi connectivity index (χ2n) is 4.64. The molecule has 120 valence electrons. The van der Waals surface area contributed by atoms with Crippen LogP contribution in [0, 0.1) is 5.82 Å². The Morgan fingerprint density at radius 2 is 1.91 bits per heavy atom. The van der Waals surface area contributed by atoms with E-state index in [1.807, 2.05) is 6.07 Å². The molecule has 0 saturated carbocycles. The van der Waals surface area contributed by atoms with Crippen LogP contribution in [-0.4, -0.2) is 17.2 Å². The lowest BCUT2D eigenvalue weighted by atomic mass is 10.1. The quantitative estimate of drug-likeness (QED) is 0.828. The number of carbonyl (C=O) groups excluding carboxylic acids is 1. The molecule has 2 aromatic rings. The number of ether oxygens (including phenoxy) is 1. The number of rotatable bonds is 5. The smallest absolute Gasteiger partial charge is 0.408 e. The number of benzene rings is 2. The zero-order valence-corrected chi connectivity index (χ0v) is 13.4. The van der Waals surface area contributed by atoms with Gasteiger partial charge in [0.2, 0.25) is 0 Å². The fourth-order valence-corrected chi connectivity index (χ4v) is 2.22. The molecule has 1 atom stereocenters. The van der Waals surface area contributed by atoms with Gasteiger partial charge in [0.25, 0.3) is 0 Å². The van der Waals surface area contributed by atoms with E-state index < -0.39 is 23.9 Å². The lowest BCUT2D eigenvalue weighted by molar-refractivity contribution is -0.139. The Balaban J connectivity index is 2.04. The molecular weight excluding hydrogens is 369 g/mol. The van der Waals surface area contributed by atoms with Gasteiger partial charge in [0, 0.05) is 10.0 Å². The maximum atomic E-state index is 13.9. The van der Waals surface area contributed by atoms with Gasteiger partial charge in [0.15, 0.2) is 6.04 Å². The van der Waals surface area contributed by atoms with Gasteiger partial charge in [0.05, 0.1) is 0 Å². The Labute approximate surface area is 140 Å². The standard InChI is InChI=1S/C16H13BrFNO4/c17-11-6-7-12(13(18)8-11)14(15(20)21)19-16(22)23-9-10-4-2-1-3-5-10/h1-8,14H,9H2,(H,19,22)(H,20,21)/t14-/m1/s1. The number of alkyl carbamates (subject to hydrolysis) is 1. The van der Waals surface area contributed by atoms with Gasteiger partial charge < -0.3 is 15.2 Å². The van der Waals surface area contributed by atoms with Crippen molar-refractivity contribution in [2.45, 2.75) is 12.6 Å². The normalized spacial score (nSPS) is 11.6. The van der Waals surface area contributed by atoms with Crippen LogP contribution in [0.1, 0.15) is 17.2 Å². The second-order valence-corrected chi connectivity index (χ2v) is 5.56. The lowest BCUT2D eigenvalue weighted by Crippen LogP contribution is -2.34. The van der Waals surface area contributed by atoms with Crippen molar-refractivity contribution < 1.29 is 23.8 Å². The van der Waals surface area contributed by atoms with Crippen LogP contribution < -0.4 is 5.32 Å². The molecule has 1 amide bonds. The summed E-state index contributed by atoms with van der Waals surface area (Å²) in [6.07, 6.45) is -0.941. The van der Waals surface area contributed by atoms with E-state index in [1.54, 1.807) is 24.3 Å². The third-order valence-corrected chi connectivity index (χ3v) is 3.49. The molecule has 2 rings (SSSR count). The average molecular weight is 382 g/mol. The molecule has 0 aliphatic heterocycles. The molecule has 0 unspecified atom stereocenters. The van der Waals surface area contributed by atoms with Crippen LogP contribution in [-0.2, 0) is 16.1 Å². The van der Waals surface area contributed by atoms with E-state index in [9.17, 15) is 19.1 Å². The van der Waals surface area contributed by atoms with Gasteiger partial charge >= 0.3 is 12.1 Å². The van der Waals surface area contributed by atoms with Crippen LogP contribution >= 0.6 is 15.9 Å². The molecule has 2 N–H and O–H groups in total. The third-order valence-electron chi connectivity index (χ3n) is 3.00. The highest BCUT2D eigenvalue weighted by molar-refractivity contribution is 9.10. The first-order valence-corrected chi connectivity index (χ1v) is 7.41. The first kappa shape index (κ1) is 17.0. The highest BCUT2D eigenvalue weighted by Gasteiger charge is 2.25. The van der Waals surface area contributed by atoms with Crippen molar-refractivity contribution in [2.75, 3.05) is 0 Å². The van der Waals surface area contributed by atoms with Crippen molar-refractivity contribution in [1.29, 1.82) is 0 Å². The Hall–Kier alpha value is -2.41. The van der Waals surface area contributed by atoms with Gasteiger partial charge in [-0.25, -0.2) is 14.0 Å². The van der Waals surface area contributed by atoms with Crippen LogP contribution in [0.25, 0.3) is 0 Å².